The van der Waals surface area contributed by atoms with E-state index in [9.17, 15) is 9.59 Å². The van der Waals surface area contributed by atoms with Gasteiger partial charge in [0.2, 0.25) is 5.75 Å². The first-order valence-electron chi connectivity index (χ1n) is 12.1. The fourth-order valence-electron chi connectivity index (χ4n) is 3.36. The number of hydrogen-bond donors (Lipinski definition) is 1. The minimum absolute atomic E-state index is 0.0251. The highest BCUT2D eigenvalue weighted by atomic mass is 79.9. The fraction of sp³-hybridized carbons (Fsp3) is 0.370. The molecule has 204 valence electrons. The molecule has 1 aromatic carbocycles. The van der Waals surface area contributed by atoms with Crippen molar-refractivity contribution in [2.45, 2.75) is 65.3 Å². The van der Waals surface area contributed by atoms with E-state index in [1.54, 1.807) is 40.2 Å². The van der Waals surface area contributed by atoms with E-state index in [-0.39, 0.29) is 34.6 Å². The van der Waals surface area contributed by atoms with Crippen molar-refractivity contribution < 1.29 is 9.22 Å². The molecule has 0 saturated heterocycles. The molecule has 0 radical (unpaired) electrons. The van der Waals surface area contributed by atoms with Gasteiger partial charge in [0.15, 0.2) is 5.69 Å². The highest BCUT2D eigenvalue weighted by Crippen LogP contribution is 2.37. The van der Waals surface area contributed by atoms with Gasteiger partial charge in [-0.25, -0.2) is 4.98 Å². The van der Waals surface area contributed by atoms with E-state index in [2.05, 4.69) is 42.0 Å². The van der Waals surface area contributed by atoms with Crippen molar-refractivity contribution in [3.63, 3.8) is 0 Å². The van der Waals surface area contributed by atoms with Crippen LogP contribution in [-0.2, 0) is 6.54 Å². The monoisotopic (exact) mass is 655 g/mol. The number of hydrogen-bond acceptors (Lipinski definition) is 5. The molecule has 0 aliphatic carbocycles. The Morgan fingerprint density at radius 1 is 1.18 bits per heavy atom. The summed E-state index contributed by atoms with van der Waals surface area (Å²) in [6, 6.07) is 8.76. The van der Waals surface area contributed by atoms with Crippen molar-refractivity contribution in [3.05, 3.63) is 76.5 Å². The highest BCUT2D eigenvalue weighted by Gasteiger charge is 2.41. The summed E-state index contributed by atoms with van der Waals surface area (Å²) in [5, 5.41) is 3.59. The van der Waals surface area contributed by atoms with E-state index in [0.29, 0.717) is 15.9 Å². The van der Waals surface area contributed by atoms with Crippen LogP contribution in [0.4, 0.5) is 0 Å². The summed E-state index contributed by atoms with van der Waals surface area (Å²) in [7, 11) is -2.49. The maximum Gasteiger partial charge on any atom is 0.295 e. The van der Waals surface area contributed by atoms with Crippen molar-refractivity contribution in [2.75, 3.05) is 0 Å². The van der Waals surface area contributed by atoms with Gasteiger partial charge >= 0.3 is 0 Å². The maximum absolute atomic E-state index is 13.9. The van der Waals surface area contributed by atoms with E-state index in [1.807, 2.05) is 45.2 Å². The Labute approximate surface area is 247 Å². The number of thiophene rings is 1. The number of rotatable bonds is 8. The molecule has 1 amide bonds. The lowest BCUT2D eigenvalue weighted by atomic mass is 10.2. The van der Waals surface area contributed by atoms with E-state index in [1.165, 1.54) is 0 Å². The maximum atomic E-state index is 13.9. The Balaban J connectivity index is 2.13. The molecule has 3 aromatic rings. The fourth-order valence-corrected chi connectivity index (χ4v) is 6.26. The molecule has 0 aliphatic rings. The lowest BCUT2D eigenvalue weighted by Crippen LogP contribution is -2.46. The summed E-state index contributed by atoms with van der Waals surface area (Å²) in [6.07, 6.45) is 3.63. The van der Waals surface area contributed by atoms with Crippen LogP contribution in [0.3, 0.4) is 0 Å². The highest BCUT2D eigenvalue weighted by molar-refractivity contribution is 9.11. The van der Waals surface area contributed by atoms with E-state index >= 15 is 0 Å². The molecular weight excluding hydrogens is 625 g/mol. The minimum atomic E-state index is -2.49. The predicted molar refractivity (Wildman–Crippen MR) is 165 cm³/mol. The number of aromatic nitrogens is 2. The number of nitrogens with one attached hydrogen (secondary N) is 1. The minimum Gasteiger partial charge on any atom is -0.538 e. The first-order chi connectivity index (χ1) is 17.6. The lowest BCUT2D eigenvalue weighted by molar-refractivity contribution is 0.0942. The molecule has 0 bridgehead atoms. The molecule has 6 nitrogen and oxygen atoms in total. The van der Waals surface area contributed by atoms with Gasteiger partial charge in [-0.2, -0.15) is 0 Å². The van der Waals surface area contributed by atoms with E-state index < -0.39 is 14.2 Å². The summed E-state index contributed by atoms with van der Waals surface area (Å²) in [6.45, 7) is 14.3. The van der Waals surface area contributed by atoms with Crippen molar-refractivity contribution in [2.24, 2.45) is 0 Å². The van der Waals surface area contributed by atoms with Crippen molar-refractivity contribution in [3.8, 4) is 5.75 Å². The smallest absolute Gasteiger partial charge is 0.295 e. The number of carbonyl (C=O) groups excluding carboxylic acids is 1. The SMILES string of the molecule is CC(C)n1c(C=Cc2ccc(Br)s2)nc(C(=O)NCc2cc(Cl)cc(Cl)c2)c(O[Si](C)(C)C(C)(C)C)c1=O. The van der Waals surface area contributed by atoms with E-state index in [0.717, 1.165) is 14.2 Å². The Kier molecular flexibility index (Phi) is 9.74. The number of carbonyl (C=O) groups is 1. The zero-order valence-electron chi connectivity index (χ0n) is 22.5. The molecule has 0 atom stereocenters. The van der Waals surface area contributed by atoms with Crippen LogP contribution in [0.1, 0.15) is 67.4 Å². The van der Waals surface area contributed by atoms with Gasteiger partial charge in [0.25, 0.3) is 19.8 Å². The zero-order chi connectivity index (χ0) is 28.4. The molecule has 0 spiro atoms. The molecule has 2 heterocycles. The van der Waals surface area contributed by atoms with Gasteiger partial charge in [0.1, 0.15) is 5.82 Å². The quantitative estimate of drug-likeness (QED) is 0.247. The van der Waals surface area contributed by atoms with Gasteiger partial charge in [-0.05, 0) is 96.0 Å². The van der Waals surface area contributed by atoms with Gasteiger partial charge in [-0.15, -0.1) is 11.3 Å². The van der Waals surface area contributed by atoms with Gasteiger partial charge in [-0.3, -0.25) is 14.2 Å². The lowest BCUT2D eigenvalue weighted by Gasteiger charge is -2.36. The van der Waals surface area contributed by atoms with Crippen LogP contribution in [0.5, 0.6) is 5.75 Å². The first-order valence-corrected chi connectivity index (χ1v) is 17.4. The summed E-state index contributed by atoms with van der Waals surface area (Å²) in [4.78, 5) is 33.1. The molecular formula is C27H32BrCl2N3O3SSi. The van der Waals surface area contributed by atoms with Gasteiger partial charge in [0.05, 0.1) is 3.79 Å². The summed E-state index contributed by atoms with van der Waals surface area (Å²) in [5.74, 6) is -0.174. The topological polar surface area (TPSA) is 73.2 Å². The van der Waals surface area contributed by atoms with Gasteiger partial charge in [-0.1, -0.05) is 44.0 Å². The van der Waals surface area contributed by atoms with Crippen LogP contribution in [-0.4, -0.2) is 23.8 Å². The second-order valence-electron chi connectivity index (χ2n) is 10.7. The molecule has 11 heteroatoms. The third kappa shape index (κ3) is 7.38. The van der Waals surface area contributed by atoms with Crippen LogP contribution in [0.2, 0.25) is 28.2 Å². The Morgan fingerprint density at radius 3 is 2.34 bits per heavy atom. The normalized spacial score (nSPS) is 12.4. The van der Waals surface area contributed by atoms with Crippen molar-refractivity contribution >= 4 is 76.8 Å². The zero-order valence-corrected chi connectivity index (χ0v) is 27.4. The third-order valence-electron chi connectivity index (χ3n) is 6.36. The Hall–Kier alpha value is -1.91. The molecule has 1 N–H and O–H groups in total. The van der Waals surface area contributed by atoms with Gasteiger partial charge in [0, 0.05) is 27.5 Å². The van der Waals surface area contributed by atoms with Crippen LogP contribution in [0, 0.1) is 0 Å². The summed E-state index contributed by atoms with van der Waals surface area (Å²) < 4.78 is 9.02. The number of benzene rings is 1. The second kappa shape index (κ2) is 12.1. The Bertz CT molecular complexity index is 1410. The molecule has 3 rings (SSSR count). The van der Waals surface area contributed by atoms with Crippen LogP contribution in [0.15, 0.2) is 38.9 Å². The van der Waals surface area contributed by atoms with Crippen LogP contribution in [0.25, 0.3) is 12.2 Å². The average molecular weight is 658 g/mol. The first kappa shape index (κ1) is 30.6. The molecule has 0 aliphatic heterocycles. The molecule has 0 fully saturated rings. The largest absolute Gasteiger partial charge is 0.538 e. The van der Waals surface area contributed by atoms with Crippen LogP contribution < -0.4 is 15.3 Å². The summed E-state index contributed by atoms with van der Waals surface area (Å²) in [5.41, 5.74) is 0.293. The van der Waals surface area contributed by atoms with Gasteiger partial charge < -0.3 is 9.74 Å². The molecule has 38 heavy (non-hydrogen) atoms. The Morgan fingerprint density at radius 2 is 1.82 bits per heavy atom. The molecule has 0 unspecified atom stereocenters. The standard InChI is InChI=1S/C27H32BrCl2N3O3SSi/c1-16(2)33-22(11-9-20-8-10-21(28)37-20)32-23(24(26(33)35)36-38(6,7)27(3,4)5)25(34)31-15-17-12-18(29)14-19(30)13-17/h8-14,16H,15H2,1-7H3,(H,31,34). The third-order valence-corrected chi connectivity index (χ3v) is 12.7. The van der Waals surface area contributed by atoms with Crippen LogP contribution >= 0.6 is 50.5 Å². The summed E-state index contributed by atoms with van der Waals surface area (Å²) >= 11 is 17.3. The average Bonchev–Trinajstić information content (AvgIpc) is 3.20. The second-order valence-corrected chi connectivity index (χ2v) is 18.8. The number of halogens is 3. The van der Waals surface area contributed by atoms with E-state index in [4.69, 9.17) is 32.6 Å². The van der Waals surface area contributed by atoms with Crippen molar-refractivity contribution in [1.29, 1.82) is 0 Å². The number of nitrogens with zero attached hydrogens (tertiary/aromatic N) is 2. The molecule has 0 saturated carbocycles. The molecule has 2 aromatic heterocycles. The number of amides is 1. The predicted octanol–water partition coefficient (Wildman–Crippen LogP) is 8.44. The van der Waals surface area contributed by atoms with Crippen molar-refractivity contribution in [1.82, 2.24) is 14.9 Å².